The smallest absolute Gasteiger partial charge is 0.0931 e. The van der Waals surface area contributed by atoms with Crippen LogP contribution in [-0.4, -0.2) is 5.11 Å². The fraction of sp³-hybridized carbons (Fsp3) is 0.167. The maximum atomic E-state index is 10.0. The van der Waals surface area contributed by atoms with Crippen LogP contribution in [0.2, 0.25) is 9.36 Å². The Balaban J connectivity index is 2.14. The summed E-state index contributed by atoms with van der Waals surface area (Å²) in [5, 5.41) is 10.6. The number of thiophene rings is 1. The third-order valence-corrected chi connectivity index (χ3v) is 3.89. The summed E-state index contributed by atoms with van der Waals surface area (Å²) in [6.07, 6.45) is -0.0374. The van der Waals surface area contributed by atoms with Gasteiger partial charge in [-0.2, -0.15) is 0 Å². The van der Waals surface area contributed by atoms with Crippen molar-refractivity contribution in [1.82, 2.24) is 0 Å². The summed E-state index contributed by atoms with van der Waals surface area (Å²) in [5.74, 6) is 0. The van der Waals surface area contributed by atoms with Crippen molar-refractivity contribution in [3.8, 4) is 0 Å². The molecule has 0 fully saturated rings. The Bertz CT molecular complexity index is 481. The molecule has 1 aromatic heterocycles. The fourth-order valence-electron chi connectivity index (χ4n) is 1.51. The van der Waals surface area contributed by atoms with Crippen molar-refractivity contribution in [3.05, 3.63) is 56.2 Å². The van der Waals surface area contributed by atoms with E-state index in [9.17, 15) is 5.11 Å². The van der Waals surface area contributed by atoms with Gasteiger partial charge in [0.2, 0.25) is 0 Å². The molecule has 84 valence electrons. The van der Waals surface area contributed by atoms with E-state index in [1.54, 1.807) is 6.07 Å². The molecule has 0 radical (unpaired) electrons. The summed E-state index contributed by atoms with van der Waals surface area (Å²) in [5.41, 5.74) is 0.758. The molecule has 1 heterocycles. The zero-order valence-electron chi connectivity index (χ0n) is 8.36. The number of halogens is 2. The normalized spacial score (nSPS) is 12.7. The van der Waals surface area contributed by atoms with Crippen molar-refractivity contribution in [2.75, 3.05) is 0 Å². The highest BCUT2D eigenvalue weighted by atomic mass is 35.5. The van der Waals surface area contributed by atoms with E-state index in [4.69, 9.17) is 23.2 Å². The van der Waals surface area contributed by atoms with Crippen LogP contribution >= 0.6 is 34.5 Å². The van der Waals surface area contributed by atoms with Crippen molar-refractivity contribution in [3.63, 3.8) is 0 Å². The van der Waals surface area contributed by atoms with Crippen LogP contribution in [0.15, 0.2) is 36.4 Å². The highest BCUT2D eigenvalue weighted by Gasteiger charge is 2.12. The highest BCUT2D eigenvalue weighted by molar-refractivity contribution is 7.16. The van der Waals surface area contributed by atoms with Crippen LogP contribution in [0.4, 0.5) is 0 Å². The Labute approximate surface area is 108 Å². The van der Waals surface area contributed by atoms with Gasteiger partial charge in [0.25, 0.3) is 0 Å². The predicted molar refractivity (Wildman–Crippen MR) is 69.4 cm³/mol. The first-order chi connectivity index (χ1) is 7.66. The lowest BCUT2D eigenvalue weighted by molar-refractivity contribution is 0.179. The van der Waals surface area contributed by atoms with Crippen molar-refractivity contribution in [2.45, 2.75) is 12.5 Å². The Morgan fingerprint density at radius 2 is 1.88 bits per heavy atom. The summed E-state index contributed by atoms with van der Waals surface area (Å²) in [6, 6.07) is 11.1. The minimum atomic E-state index is -0.580. The molecular weight excluding hydrogens is 263 g/mol. The fourth-order valence-corrected chi connectivity index (χ4v) is 2.89. The molecule has 2 aromatic rings. The number of rotatable bonds is 3. The third-order valence-electron chi connectivity index (χ3n) is 2.29. The lowest BCUT2D eigenvalue weighted by Gasteiger charge is -2.11. The van der Waals surface area contributed by atoms with Gasteiger partial charge in [-0.1, -0.05) is 41.4 Å². The van der Waals surface area contributed by atoms with Gasteiger partial charge in [0.1, 0.15) is 0 Å². The number of aliphatic hydroxyl groups excluding tert-OH is 1. The second kappa shape index (κ2) is 5.19. The number of hydrogen-bond donors (Lipinski definition) is 1. The Kier molecular flexibility index (Phi) is 3.87. The van der Waals surface area contributed by atoms with Crippen molar-refractivity contribution in [2.24, 2.45) is 0 Å². The minimum absolute atomic E-state index is 0.543. The van der Waals surface area contributed by atoms with E-state index >= 15 is 0 Å². The van der Waals surface area contributed by atoms with Gasteiger partial charge in [-0.3, -0.25) is 0 Å². The van der Waals surface area contributed by atoms with Crippen LogP contribution in [0.3, 0.4) is 0 Å². The quantitative estimate of drug-likeness (QED) is 0.882. The molecule has 1 nitrogen and oxygen atoms in total. The zero-order chi connectivity index (χ0) is 11.5. The Morgan fingerprint density at radius 3 is 2.50 bits per heavy atom. The molecule has 16 heavy (non-hydrogen) atoms. The van der Waals surface area contributed by atoms with Crippen LogP contribution in [0.25, 0.3) is 0 Å². The second-order valence-corrected chi connectivity index (χ2v) is 5.65. The van der Waals surface area contributed by atoms with Gasteiger partial charge in [-0.05, 0) is 23.8 Å². The van der Waals surface area contributed by atoms with Gasteiger partial charge < -0.3 is 5.11 Å². The van der Waals surface area contributed by atoms with Crippen LogP contribution < -0.4 is 0 Å². The van der Waals surface area contributed by atoms with Gasteiger partial charge >= 0.3 is 0 Å². The minimum Gasteiger partial charge on any atom is -0.388 e. The van der Waals surface area contributed by atoms with Gasteiger partial charge in [0, 0.05) is 16.3 Å². The van der Waals surface area contributed by atoms with E-state index < -0.39 is 6.10 Å². The zero-order valence-corrected chi connectivity index (χ0v) is 10.7. The molecule has 1 N–H and O–H groups in total. The lowest BCUT2D eigenvalue weighted by Crippen LogP contribution is -2.00. The maximum Gasteiger partial charge on any atom is 0.0931 e. The molecule has 0 aliphatic heterocycles. The predicted octanol–water partition coefficient (Wildman–Crippen LogP) is 4.33. The molecule has 1 atom stereocenters. The first-order valence-electron chi connectivity index (χ1n) is 4.83. The average molecular weight is 273 g/mol. The van der Waals surface area contributed by atoms with Crippen molar-refractivity contribution >= 4 is 34.5 Å². The molecule has 2 rings (SSSR count). The van der Waals surface area contributed by atoms with Crippen LogP contribution in [0, 0.1) is 0 Å². The molecule has 1 aromatic carbocycles. The molecule has 4 heteroatoms. The SMILES string of the molecule is OC(Cc1ccc(Cl)s1)c1ccccc1Cl. The molecule has 0 spiro atoms. The molecule has 0 aliphatic rings. The molecule has 0 saturated heterocycles. The summed E-state index contributed by atoms with van der Waals surface area (Å²) < 4.78 is 0.737. The molecule has 0 amide bonds. The van der Waals surface area contributed by atoms with Crippen molar-refractivity contribution in [1.29, 1.82) is 0 Å². The molecule has 0 saturated carbocycles. The summed E-state index contributed by atoms with van der Waals surface area (Å²) in [4.78, 5) is 1.05. The summed E-state index contributed by atoms with van der Waals surface area (Å²) >= 11 is 13.3. The second-order valence-electron chi connectivity index (χ2n) is 3.45. The molecular formula is C12H10Cl2OS. The van der Waals surface area contributed by atoms with Crippen LogP contribution in [0.1, 0.15) is 16.5 Å². The summed E-state index contributed by atoms with van der Waals surface area (Å²) in [6.45, 7) is 0. The topological polar surface area (TPSA) is 20.2 Å². The standard InChI is InChI=1S/C12H10Cl2OS/c13-10-4-2-1-3-9(10)11(15)7-8-5-6-12(14)16-8/h1-6,11,15H,7H2. The lowest BCUT2D eigenvalue weighted by atomic mass is 10.1. The first-order valence-corrected chi connectivity index (χ1v) is 6.41. The monoisotopic (exact) mass is 272 g/mol. The largest absolute Gasteiger partial charge is 0.388 e. The first kappa shape index (κ1) is 11.9. The summed E-state index contributed by atoms with van der Waals surface area (Å²) in [7, 11) is 0. The van der Waals surface area contributed by atoms with E-state index in [0.717, 1.165) is 14.8 Å². The maximum absolute atomic E-state index is 10.0. The highest BCUT2D eigenvalue weighted by Crippen LogP contribution is 2.29. The van der Waals surface area contributed by atoms with Crippen molar-refractivity contribution < 1.29 is 5.11 Å². The third kappa shape index (κ3) is 2.77. The van der Waals surface area contributed by atoms with Crippen LogP contribution in [-0.2, 0) is 6.42 Å². The molecule has 0 bridgehead atoms. The Morgan fingerprint density at radius 1 is 1.12 bits per heavy atom. The molecule has 1 unspecified atom stereocenters. The van der Waals surface area contributed by atoms with Gasteiger partial charge in [0.05, 0.1) is 10.4 Å². The van der Waals surface area contributed by atoms with Gasteiger partial charge in [-0.15, -0.1) is 11.3 Å². The van der Waals surface area contributed by atoms with E-state index in [2.05, 4.69) is 0 Å². The van der Waals surface area contributed by atoms with E-state index in [-0.39, 0.29) is 0 Å². The van der Waals surface area contributed by atoms with Gasteiger partial charge in [-0.25, -0.2) is 0 Å². The van der Waals surface area contributed by atoms with E-state index in [0.29, 0.717) is 11.4 Å². The Hall–Kier alpha value is -0.540. The number of aliphatic hydroxyl groups is 1. The van der Waals surface area contributed by atoms with Crippen LogP contribution in [0.5, 0.6) is 0 Å². The average Bonchev–Trinajstić information content (AvgIpc) is 2.64. The number of hydrogen-bond acceptors (Lipinski definition) is 2. The van der Waals surface area contributed by atoms with Gasteiger partial charge in [0.15, 0.2) is 0 Å². The van der Waals surface area contributed by atoms with E-state index in [1.807, 2.05) is 30.3 Å². The number of benzene rings is 1. The van der Waals surface area contributed by atoms with E-state index in [1.165, 1.54) is 11.3 Å². The molecule has 0 aliphatic carbocycles.